The summed E-state index contributed by atoms with van der Waals surface area (Å²) in [6.07, 6.45) is 1.39. The summed E-state index contributed by atoms with van der Waals surface area (Å²) in [5.41, 5.74) is 2.22. The van der Waals surface area contributed by atoms with Crippen molar-refractivity contribution >= 4 is 18.5 Å². The summed E-state index contributed by atoms with van der Waals surface area (Å²) in [6, 6.07) is 14.9. The van der Waals surface area contributed by atoms with E-state index in [1.165, 1.54) is 14.2 Å². The van der Waals surface area contributed by atoms with Gasteiger partial charge in [-0.15, -0.1) is 0 Å². The van der Waals surface area contributed by atoms with Crippen LogP contribution in [0.5, 0.6) is 28.7 Å². The maximum Gasteiger partial charge on any atom is 0.341 e. The highest BCUT2D eigenvalue weighted by atomic mass is 16.5. The Bertz CT molecular complexity index is 1120. The van der Waals surface area contributed by atoms with Crippen LogP contribution in [0.3, 0.4) is 0 Å². The summed E-state index contributed by atoms with van der Waals surface area (Å²) in [4.78, 5) is 33.1. The van der Waals surface area contributed by atoms with Crippen LogP contribution in [0.2, 0.25) is 0 Å². The number of rotatable bonds is 13. The van der Waals surface area contributed by atoms with Crippen molar-refractivity contribution in [3.63, 3.8) is 0 Å². The summed E-state index contributed by atoms with van der Waals surface area (Å²) in [5.74, 6) is 1.00. The van der Waals surface area contributed by atoms with Crippen LogP contribution in [0.4, 0.5) is 0 Å². The summed E-state index contributed by atoms with van der Waals surface area (Å²) in [5, 5.41) is 8.95. The van der Waals surface area contributed by atoms with Crippen molar-refractivity contribution < 1.29 is 43.2 Å². The van der Waals surface area contributed by atoms with Gasteiger partial charge in [-0.1, -0.05) is 0 Å². The van der Waals surface area contributed by atoms with Gasteiger partial charge in [-0.25, -0.2) is 4.79 Å². The number of ether oxygens (including phenoxy) is 5. The lowest BCUT2D eigenvalue weighted by molar-refractivity contribution is -0.139. The zero-order valence-corrected chi connectivity index (χ0v) is 19.2. The second kappa shape index (κ2) is 12.1. The lowest BCUT2D eigenvalue weighted by Crippen LogP contribution is -2.10. The zero-order chi connectivity index (χ0) is 25.2. The third-order valence-electron chi connectivity index (χ3n) is 4.86. The highest BCUT2D eigenvalue weighted by Crippen LogP contribution is 2.27. The largest absolute Gasteiger partial charge is 0.496 e. The molecule has 0 aromatic heterocycles. The molecule has 35 heavy (non-hydrogen) atoms. The molecular formula is C26H24O9. The molecule has 0 saturated heterocycles. The van der Waals surface area contributed by atoms with E-state index >= 15 is 0 Å². The van der Waals surface area contributed by atoms with Gasteiger partial charge in [0.05, 0.1) is 25.3 Å². The molecule has 0 saturated carbocycles. The molecule has 0 spiro atoms. The van der Waals surface area contributed by atoms with E-state index < -0.39 is 12.6 Å². The second-order valence-corrected chi connectivity index (χ2v) is 7.29. The minimum Gasteiger partial charge on any atom is -0.496 e. The molecule has 0 aliphatic carbocycles. The van der Waals surface area contributed by atoms with E-state index in [1.807, 2.05) is 6.07 Å². The van der Waals surface area contributed by atoms with Crippen LogP contribution in [-0.4, -0.2) is 44.5 Å². The third kappa shape index (κ3) is 6.97. The number of aldehydes is 2. The van der Waals surface area contributed by atoms with E-state index in [-0.39, 0.29) is 13.2 Å². The first kappa shape index (κ1) is 25.1. The molecular weight excluding hydrogens is 456 g/mol. The standard InChI is InChI=1S/C26H24O9/c1-31-24-10-21(5-3-19(24)12-27)33-14-17-7-18(9-23(8-17)35-16-26(29)30)15-34-22-6-4-20(13-28)25(11-22)32-2/h3-13H,14-16H2,1-2H3,(H,29,30). The number of hydrogen-bond acceptors (Lipinski definition) is 8. The lowest BCUT2D eigenvalue weighted by atomic mass is 10.1. The average Bonchev–Trinajstić information content (AvgIpc) is 2.89. The van der Waals surface area contributed by atoms with Crippen molar-refractivity contribution in [3.05, 3.63) is 76.9 Å². The van der Waals surface area contributed by atoms with Gasteiger partial charge in [-0.05, 0) is 53.6 Å². The molecule has 3 aromatic rings. The summed E-state index contributed by atoms with van der Waals surface area (Å²) >= 11 is 0. The fraction of sp³-hybridized carbons (Fsp3) is 0.192. The van der Waals surface area contributed by atoms with Gasteiger partial charge >= 0.3 is 5.97 Å². The number of benzene rings is 3. The first-order chi connectivity index (χ1) is 16.9. The number of carboxylic acids is 1. The molecule has 0 aliphatic heterocycles. The lowest BCUT2D eigenvalue weighted by Gasteiger charge is -2.14. The van der Waals surface area contributed by atoms with Crippen LogP contribution < -0.4 is 23.7 Å². The molecule has 3 rings (SSSR count). The first-order valence-corrected chi connectivity index (χ1v) is 10.4. The fourth-order valence-corrected chi connectivity index (χ4v) is 3.21. The van der Waals surface area contributed by atoms with Gasteiger partial charge in [0.15, 0.2) is 19.2 Å². The average molecular weight is 480 g/mol. The van der Waals surface area contributed by atoms with Crippen molar-refractivity contribution in [3.8, 4) is 28.7 Å². The number of hydrogen-bond donors (Lipinski definition) is 1. The molecule has 0 fully saturated rings. The van der Waals surface area contributed by atoms with Gasteiger partial charge in [0.1, 0.15) is 42.0 Å². The Morgan fingerprint density at radius 1 is 0.714 bits per heavy atom. The second-order valence-electron chi connectivity index (χ2n) is 7.29. The van der Waals surface area contributed by atoms with Crippen molar-refractivity contribution in [1.29, 1.82) is 0 Å². The Morgan fingerprint density at radius 3 is 1.60 bits per heavy atom. The number of aliphatic carboxylic acids is 1. The molecule has 0 heterocycles. The smallest absolute Gasteiger partial charge is 0.341 e. The highest BCUT2D eigenvalue weighted by Gasteiger charge is 2.10. The fourth-order valence-electron chi connectivity index (χ4n) is 3.21. The minimum absolute atomic E-state index is 0.142. The Hall–Kier alpha value is -4.53. The molecule has 0 radical (unpaired) electrons. The normalized spacial score (nSPS) is 10.2. The molecule has 0 amide bonds. The van der Waals surface area contributed by atoms with Crippen LogP contribution in [0, 0.1) is 0 Å². The molecule has 0 bridgehead atoms. The van der Waals surface area contributed by atoms with E-state index in [4.69, 9.17) is 28.8 Å². The molecule has 3 aromatic carbocycles. The molecule has 0 aliphatic rings. The number of carbonyl (C=O) groups excluding carboxylic acids is 2. The van der Waals surface area contributed by atoms with Gasteiger partial charge in [-0.3, -0.25) is 9.59 Å². The maximum absolute atomic E-state index is 11.1. The number of carboxylic acid groups (broad SMARTS) is 1. The summed E-state index contributed by atoms with van der Waals surface area (Å²) in [7, 11) is 2.92. The molecule has 9 nitrogen and oxygen atoms in total. The van der Waals surface area contributed by atoms with Gasteiger partial charge in [-0.2, -0.15) is 0 Å². The van der Waals surface area contributed by atoms with Crippen LogP contribution in [-0.2, 0) is 18.0 Å². The van der Waals surface area contributed by atoms with Crippen LogP contribution in [0.1, 0.15) is 31.8 Å². The Balaban J connectivity index is 1.77. The Kier molecular flexibility index (Phi) is 8.66. The van der Waals surface area contributed by atoms with E-state index in [1.54, 1.807) is 48.5 Å². The molecule has 182 valence electrons. The minimum atomic E-state index is -1.10. The quantitative estimate of drug-likeness (QED) is 0.363. The van der Waals surface area contributed by atoms with Gasteiger partial charge in [0.2, 0.25) is 0 Å². The van der Waals surface area contributed by atoms with Crippen LogP contribution in [0.25, 0.3) is 0 Å². The highest BCUT2D eigenvalue weighted by molar-refractivity contribution is 5.80. The Morgan fingerprint density at radius 2 is 1.20 bits per heavy atom. The van der Waals surface area contributed by atoms with Crippen molar-refractivity contribution in [2.24, 2.45) is 0 Å². The zero-order valence-electron chi connectivity index (χ0n) is 19.2. The predicted octanol–water partition coefficient (Wildman–Crippen LogP) is 3.95. The Labute approximate surface area is 201 Å². The van der Waals surface area contributed by atoms with Crippen molar-refractivity contribution in [2.45, 2.75) is 13.2 Å². The monoisotopic (exact) mass is 480 g/mol. The van der Waals surface area contributed by atoms with E-state index in [0.29, 0.717) is 63.6 Å². The van der Waals surface area contributed by atoms with Gasteiger partial charge in [0, 0.05) is 12.1 Å². The van der Waals surface area contributed by atoms with Crippen molar-refractivity contribution in [2.75, 3.05) is 20.8 Å². The van der Waals surface area contributed by atoms with Gasteiger partial charge in [0.25, 0.3) is 0 Å². The van der Waals surface area contributed by atoms with Crippen LogP contribution in [0.15, 0.2) is 54.6 Å². The molecule has 1 N–H and O–H groups in total. The molecule has 0 unspecified atom stereocenters. The summed E-state index contributed by atoms with van der Waals surface area (Å²) < 4.78 is 27.4. The van der Waals surface area contributed by atoms with E-state index in [2.05, 4.69) is 0 Å². The molecule has 9 heteroatoms. The molecule has 0 atom stereocenters. The topological polar surface area (TPSA) is 118 Å². The third-order valence-corrected chi connectivity index (χ3v) is 4.86. The van der Waals surface area contributed by atoms with E-state index in [0.717, 1.165) is 0 Å². The predicted molar refractivity (Wildman–Crippen MR) is 125 cm³/mol. The number of methoxy groups -OCH3 is 2. The summed E-state index contributed by atoms with van der Waals surface area (Å²) in [6.45, 7) is -0.218. The maximum atomic E-state index is 11.1. The van der Waals surface area contributed by atoms with Crippen LogP contribution >= 0.6 is 0 Å². The van der Waals surface area contributed by atoms with E-state index in [9.17, 15) is 14.4 Å². The number of carbonyl (C=O) groups is 3. The van der Waals surface area contributed by atoms with Gasteiger partial charge < -0.3 is 28.8 Å². The first-order valence-electron chi connectivity index (χ1n) is 10.4. The van der Waals surface area contributed by atoms with Crippen molar-refractivity contribution in [1.82, 2.24) is 0 Å². The SMILES string of the molecule is COc1cc(OCc2cc(COc3ccc(C=O)c(OC)c3)cc(OCC(=O)O)c2)ccc1C=O.